The third kappa shape index (κ3) is 1.05. The maximum atomic E-state index is 5.15. The highest BCUT2D eigenvalue weighted by atomic mass is 16.6. The summed E-state index contributed by atoms with van der Waals surface area (Å²) in [7, 11) is 0. The fourth-order valence-corrected chi connectivity index (χ4v) is 1.11. The van der Waals surface area contributed by atoms with Crippen LogP contribution in [0.5, 0.6) is 0 Å². The Balaban J connectivity index is 2.32. The molecule has 1 aliphatic heterocycles. The zero-order valence-corrected chi connectivity index (χ0v) is 6.00. The van der Waals surface area contributed by atoms with Crippen molar-refractivity contribution in [1.82, 2.24) is 0 Å². The van der Waals surface area contributed by atoms with Crippen LogP contribution in [0.15, 0.2) is 24.3 Å². The van der Waals surface area contributed by atoms with Crippen LogP contribution in [0.3, 0.4) is 0 Å². The molecule has 10 heavy (non-hydrogen) atoms. The van der Waals surface area contributed by atoms with Crippen molar-refractivity contribution in [3.05, 3.63) is 35.4 Å². The number of rotatable bonds is 1. The zero-order valence-electron chi connectivity index (χ0n) is 6.00. The molecule has 1 aromatic rings. The maximum Gasteiger partial charge on any atom is 0.106 e. The summed E-state index contributed by atoms with van der Waals surface area (Å²) < 4.78 is 5.15. The first-order chi connectivity index (χ1) is 4.86. The van der Waals surface area contributed by atoms with Gasteiger partial charge in [0.25, 0.3) is 0 Å². The minimum atomic E-state index is 0.403. The molecule has 1 aromatic carbocycles. The van der Waals surface area contributed by atoms with Crippen LogP contribution in [-0.2, 0) is 4.74 Å². The molecule has 1 heterocycles. The highest BCUT2D eigenvalue weighted by Crippen LogP contribution is 2.29. The van der Waals surface area contributed by atoms with E-state index >= 15 is 0 Å². The molecule has 1 atom stereocenters. The third-order valence-electron chi connectivity index (χ3n) is 1.75. The van der Waals surface area contributed by atoms with Crippen molar-refractivity contribution in [3.8, 4) is 0 Å². The molecule has 52 valence electrons. The van der Waals surface area contributed by atoms with Gasteiger partial charge in [0.2, 0.25) is 0 Å². The lowest BCUT2D eigenvalue weighted by Crippen LogP contribution is -1.80. The normalized spacial score (nSPS) is 22.7. The van der Waals surface area contributed by atoms with Crippen molar-refractivity contribution in [1.29, 1.82) is 0 Å². The number of ether oxygens (including phenoxy) is 1. The van der Waals surface area contributed by atoms with Gasteiger partial charge in [-0.1, -0.05) is 29.8 Å². The first-order valence-electron chi connectivity index (χ1n) is 3.54. The van der Waals surface area contributed by atoms with E-state index in [0.717, 1.165) is 6.61 Å². The van der Waals surface area contributed by atoms with Crippen molar-refractivity contribution >= 4 is 0 Å². The molecule has 0 spiro atoms. The summed E-state index contributed by atoms with van der Waals surface area (Å²) in [5.74, 6) is 0. The number of epoxide rings is 1. The Morgan fingerprint density at radius 3 is 2.90 bits per heavy atom. The molecule has 1 aliphatic rings. The summed E-state index contributed by atoms with van der Waals surface area (Å²) in [6.07, 6.45) is 0.403. The quantitative estimate of drug-likeness (QED) is 0.535. The predicted molar refractivity (Wildman–Crippen MR) is 39.9 cm³/mol. The molecule has 1 nitrogen and oxygen atoms in total. The van der Waals surface area contributed by atoms with Crippen molar-refractivity contribution < 1.29 is 4.74 Å². The molecular weight excluding hydrogens is 124 g/mol. The van der Waals surface area contributed by atoms with Crippen LogP contribution < -0.4 is 0 Å². The van der Waals surface area contributed by atoms with Crippen molar-refractivity contribution in [2.24, 2.45) is 0 Å². The van der Waals surface area contributed by atoms with Crippen LogP contribution in [0.4, 0.5) is 0 Å². The van der Waals surface area contributed by atoms with E-state index < -0.39 is 0 Å². The van der Waals surface area contributed by atoms with Crippen LogP contribution in [-0.4, -0.2) is 6.61 Å². The number of hydrogen-bond donors (Lipinski definition) is 0. The fourth-order valence-electron chi connectivity index (χ4n) is 1.11. The fraction of sp³-hybridized carbons (Fsp3) is 0.333. The van der Waals surface area contributed by atoms with Gasteiger partial charge >= 0.3 is 0 Å². The van der Waals surface area contributed by atoms with Crippen LogP contribution in [0.25, 0.3) is 0 Å². The molecular formula is C9H10O. The second-order valence-electron chi connectivity index (χ2n) is 2.74. The average molecular weight is 134 g/mol. The summed E-state index contributed by atoms with van der Waals surface area (Å²) in [5.41, 5.74) is 2.63. The van der Waals surface area contributed by atoms with Gasteiger partial charge < -0.3 is 4.74 Å². The minimum Gasteiger partial charge on any atom is -0.368 e. The lowest BCUT2D eigenvalue weighted by molar-refractivity contribution is 0.415. The highest BCUT2D eigenvalue weighted by molar-refractivity contribution is 5.25. The van der Waals surface area contributed by atoms with Gasteiger partial charge in [0.05, 0.1) is 6.61 Å². The first-order valence-corrected chi connectivity index (χ1v) is 3.54. The smallest absolute Gasteiger partial charge is 0.106 e. The SMILES string of the molecule is Cc1cccc([C@@H]2CO2)c1. The second-order valence-corrected chi connectivity index (χ2v) is 2.74. The van der Waals surface area contributed by atoms with E-state index in [-0.39, 0.29) is 0 Å². The van der Waals surface area contributed by atoms with E-state index in [1.807, 2.05) is 0 Å². The van der Waals surface area contributed by atoms with Crippen LogP contribution >= 0.6 is 0 Å². The average Bonchev–Trinajstić information content (AvgIpc) is 2.68. The first kappa shape index (κ1) is 5.93. The Bertz CT molecular complexity index is 238. The molecule has 0 saturated carbocycles. The van der Waals surface area contributed by atoms with E-state index in [1.54, 1.807) is 0 Å². The van der Waals surface area contributed by atoms with Gasteiger partial charge in [-0.3, -0.25) is 0 Å². The molecule has 2 rings (SSSR count). The molecule has 0 radical (unpaired) electrons. The maximum absolute atomic E-state index is 5.15. The topological polar surface area (TPSA) is 12.5 Å². The van der Waals surface area contributed by atoms with Crippen LogP contribution in [0.2, 0.25) is 0 Å². The van der Waals surface area contributed by atoms with Gasteiger partial charge in [0.1, 0.15) is 6.10 Å². The summed E-state index contributed by atoms with van der Waals surface area (Å²) in [4.78, 5) is 0. The number of hydrogen-bond acceptors (Lipinski definition) is 1. The molecule has 1 saturated heterocycles. The summed E-state index contributed by atoms with van der Waals surface area (Å²) in [6.45, 7) is 3.01. The summed E-state index contributed by atoms with van der Waals surface area (Å²) in [5, 5.41) is 0. The monoisotopic (exact) mass is 134 g/mol. The zero-order chi connectivity index (χ0) is 6.97. The summed E-state index contributed by atoms with van der Waals surface area (Å²) >= 11 is 0. The highest BCUT2D eigenvalue weighted by Gasteiger charge is 2.24. The van der Waals surface area contributed by atoms with Gasteiger partial charge in [0.15, 0.2) is 0 Å². The van der Waals surface area contributed by atoms with E-state index in [1.165, 1.54) is 11.1 Å². The van der Waals surface area contributed by atoms with E-state index in [4.69, 9.17) is 4.74 Å². The molecule has 1 fully saturated rings. The van der Waals surface area contributed by atoms with E-state index in [9.17, 15) is 0 Å². The number of aryl methyl sites for hydroxylation is 1. The lowest BCUT2D eigenvalue weighted by atomic mass is 10.1. The molecule has 0 unspecified atom stereocenters. The molecule has 0 N–H and O–H groups in total. The van der Waals surface area contributed by atoms with E-state index in [0.29, 0.717) is 6.10 Å². The van der Waals surface area contributed by atoms with Crippen molar-refractivity contribution in [2.45, 2.75) is 13.0 Å². The molecule has 0 bridgehead atoms. The Morgan fingerprint density at radius 1 is 1.50 bits per heavy atom. The Hall–Kier alpha value is -0.820. The Labute approximate surface area is 60.6 Å². The van der Waals surface area contributed by atoms with Crippen LogP contribution in [0.1, 0.15) is 17.2 Å². The van der Waals surface area contributed by atoms with E-state index in [2.05, 4.69) is 31.2 Å². The molecule has 1 heteroatoms. The van der Waals surface area contributed by atoms with Gasteiger partial charge in [-0.2, -0.15) is 0 Å². The van der Waals surface area contributed by atoms with Gasteiger partial charge in [-0.05, 0) is 12.5 Å². The Kier molecular flexibility index (Phi) is 1.24. The molecule has 0 aliphatic carbocycles. The standard InChI is InChI=1S/C9H10O/c1-7-3-2-4-8(5-7)9-6-10-9/h2-5,9H,6H2,1H3/t9-/m0/s1. The van der Waals surface area contributed by atoms with Crippen molar-refractivity contribution in [2.75, 3.05) is 6.61 Å². The van der Waals surface area contributed by atoms with Gasteiger partial charge in [-0.15, -0.1) is 0 Å². The van der Waals surface area contributed by atoms with Crippen molar-refractivity contribution in [3.63, 3.8) is 0 Å². The summed E-state index contributed by atoms with van der Waals surface area (Å²) in [6, 6.07) is 8.47. The molecule has 0 amide bonds. The molecule has 0 aromatic heterocycles. The minimum absolute atomic E-state index is 0.403. The van der Waals surface area contributed by atoms with Gasteiger partial charge in [-0.25, -0.2) is 0 Å². The Morgan fingerprint density at radius 2 is 2.30 bits per heavy atom. The second kappa shape index (κ2) is 2.10. The largest absolute Gasteiger partial charge is 0.368 e. The van der Waals surface area contributed by atoms with Gasteiger partial charge in [0, 0.05) is 0 Å². The lowest BCUT2D eigenvalue weighted by Gasteiger charge is -1.95. The third-order valence-corrected chi connectivity index (χ3v) is 1.75. The number of benzene rings is 1. The van der Waals surface area contributed by atoms with Crippen LogP contribution in [0, 0.1) is 6.92 Å². The predicted octanol–water partition coefficient (Wildman–Crippen LogP) is 2.07.